The van der Waals surface area contributed by atoms with Gasteiger partial charge in [-0.15, -0.1) is 0 Å². The van der Waals surface area contributed by atoms with E-state index < -0.39 is 0 Å². The number of hydrogen-bond acceptors (Lipinski definition) is 4. The Hall–Kier alpha value is -2.04. The Morgan fingerprint density at radius 1 is 1.38 bits per heavy atom. The van der Waals surface area contributed by atoms with E-state index in [1.165, 1.54) is 7.11 Å². The standard InChI is InChI=1S/C16H21NO4/c1-16(2,10-9-14(18)20-3)13-11-21-15(19)17(13)12-7-5-4-6-8-12/h4-8,13H,9-11H2,1-3H3. The molecule has 1 saturated heterocycles. The van der Waals surface area contributed by atoms with Crippen molar-refractivity contribution in [3.8, 4) is 0 Å². The third kappa shape index (κ3) is 3.35. The van der Waals surface area contributed by atoms with Crippen molar-refractivity contribution < 1.29 is 19.1 Å². The van der Waals surface area contributed by atoms with E-state index in [9.17, 15) is 9.59 Å². The number of hydrogen-bond donors (Lipinski definition) is 0. The van der Waals surface area contributed by atoms with Crippen LogP contribution in [-0.2, 0) is 14.3 Å². The lowest BCUT2D eigenvalue weighted by atomic mass is 9.80. The number of carbonyl (C=O) groups is 2. The summed E-state index contributed by atoms with van der Waals surface area (Å²) in [4.78, 5) is 25.1. The monoisotopic (exact) mass is 291 g/mol. The highest BCUT2D eigenvalue weighted by molar-refractivity contribution is 5.90. The summed E-state index contributed by atoms with van der Waals surface area (Å²) in [5.74, 6) is -0.237. The normalized spacial score (nSPS) is 18.5. The van der Waals surface area contributed by atoms with Crippen LogP contribution in [0.1, 0.15) is 26.7 Å². The number of benzene rings is 1. The zero-order valence-corrected chi connectivity index (χ0v) is 12.7. The van der Waals surface area contributed by atoms with E-state index >= 15 is 0 Å². The summed E-state index contributed by atoms with van der Waals surface area (Å²) in [6.45, 7) is 4.42. The number of rotatable bonds is 5. The van der Waals surface area contributed by atoms with Gasteiger partial charge in [-0.2, -0.15) is 0 Å². The van der Waals surface area contributed by atoms with Gasteiger partial charge in [-0.1, -0.05) is 32.0 Å². The number of esters is 1. The summed E-state index contributed by atoms with van der Waals surface area (Å²) >= 11 is 0. The molecule has 0 N–H and O–H groups in total. The molecule has 1 heterocycles. The Kier molecular flexibility index (Phi) is 4.50. The predicted octanol–water partition coefficient (Wildman–Crippen LogP) is 2.99. The third-order valence-corrected chi connectivity index (χ3v) is 4.01. The Balaban J connectivity index is 2.17. The molecule has 1 fully saturated rings. The van der Waals surface area contributed by atoms with E-state index in [4.69, 9.17) is 9.47 Å². The van der Waals surface area contributed by atoms with Gasteiger partial charge < -0.3 is 9.47 Å². The fourth-order valence-corrected chi connectivity index (χ4v) is 2.56. The number of methoxy groups -OCH3 is 1. The van der Waals surface area contributed by atoms with Gasteiger partial charge in [-0.3, -0.25) is 9.69 Å². The molecule has 1 amide bonds. The van der Waals surface area contributed by atoms with E-state index in [-0.39, 0.29) is 23.5 Å². The van der Waals surface area contributed by atoms with Gasteiger partial charge in [0.05, 0.1) is 13.2 Å². The number of nitrogens with zero attached hydrogens (tertiary/aromatic N) is 1. The highest BCUT2D eigenvalue weighted by Crippen LogP contribution is 2.37. The number of cyclic esters (lactones) is 1. The fourth-order valence-electron chi connectivity index (χ4n) is 2.56. The van der Waals surface area contributed by atoms with Crippen LogP contribution < -0.4 is 4.90 Å². The molecule has 1 aromatic rings. The van der Waals surface area contributed by atoms with Gasteiger partial charge in [0, 0.05) is 12.1 Å². The lowest BCUT2D eigenvalue weighted by Crippen LogP contribution is -2.44. The van der Waals surface area contributed by atoms with E-state index in [0.717, 1.165) is 5.69 Å². The molecule has 0 radical (unpaired) electrons. The first kappa shape index (κ1) is 15.4. The largest absolute Gasteiger partial charge is 0.469 e. The van der Waals surface area contributed by atoms with E-state index in [1.54, 1.807) is 4.90 Å². The van der Waals surface area contributed by atoms with Crippen molar-refractivity contribution >= 4 is 17.7 Å². The van der Waals surface area contributed by atoms with Crippen LogP contribution in [0.4, 0.5) is 10.5 Å². The predicted molar refractivity (Wildman–Crippen MR) is 79.1 cm³/mol. The summed E-state index contributed by atoms with van der Waals surface area (Å²) in [6, 6.07) is 9.35. The van der Waals surface area contributed by atoms with Crippen molar-refractivity contribution in [2.75, 3.05) is 18.6 Å². The minimum Gasteiger partial charge on any atom is -0.469 e. The number of anilines is 1. The second kappa shape index (κ2) is 6.16. The van der Waals surface area contributed by atoms with Gasteiger partial charge >= 0.3 is 12.1 Å². The second-order valence-corrected chi connectivity index (χ2v) is 5.86. The van der Waals surface area contributed by atoms with Gasteiger partial charge in [-0.05, 0) is 24.0 Å². The second-order valence-electron chi connectivity index (χ2n) is 5.86. The number of para-hydroxylation sites is 1. The molecule has 114 valence electrons. The first-order valence-corrected chi connectivity index (χ1v) is 7.03. The SMILES string of the molecule is COC(=O)CCC(C)(C)C1COC(=O)N1c1ccccc1. The molecule has 2 rings (SSSR count). The Bertz CT molecular complexity index is 512. The first-order valence-electron chi connectivity index (χ1n) is 7.03. The molecule has 1 aliphatic heterocycles. The Morgan fingerprint density at radius 3 is 2.67 bits per heavy atom. The molecule has 0 aromatic heterocycles. The van der Waals surface area contributed by atoms with Gasteiger partial charge in [-0.25, -0.2) is 4.79 Å². The van der Waals surface area contributed by atoms with Crippen LogP contribution in [-0.4, -0.2) is 31.8 Å². The number of ether oxygens (including phenoxy) is 2. The lowest BCUT2D eigenvalue weighted by Gasteiger charge is -2.35. The van der Waals surface area contributed by atoms with Crippen molar-refractivity contribution in [3.05, 3.63) is 30.3 Å². The van der Waals surface area contributed by atoms with Crippen LogP contribution in [0, 0.1) is 5.41 Å². The Morgan fingerprint density at radius 2 is 2.05 bits per heavy atom. The molecule has 21 heavy (non-hydrogen) atoms. The first-order chi connectivity index (χ1) is 9.95. The summed E-state index contributed by atoms with van der Waals surface area (Å²) in [5.41, 5.74) is 0.562. The summed E-state index contributed by atoms with van der Waals surface area (Å²) in [6.07, 6.45) is 0.624. The maximum absolute atomic E-state index is 12.0. The summed E-state index contributed by atoms with van der Waals surface area (Å²) in [7, 11) is 1.38. The molecule has 1 aromatic carbocycles. The molecule has 1 aliphatic rings. The van der Waals surface area contributed by atoms with Gasteiger partial charge in [0.2, 0.25) is 0 Å². The average Bonchev–Trinajstić information content (AvgIpc) is 2.88. The van der Waals surface area contributed by atoms with Crippen LogP contribution in [0.25, 0.3) is 0 Å². The van der Waals surface area contributed by atoms with Crippen molar-refractivity contribution in [2.24, 2.45) is 5.41 Å². The summed E-state index contributed by atoms with van der Waals surface area (Å²) < 4.78 is 9.91. The van der Waals surface area contributed by atoms with Crippen LogP contribution in [0.2, 0.25) is 0 Å². The van der Waals surface area contributed by atoms with Gasteiger partial charge in [0.15, 0.2) is 0 Å². The van der Waals surface area contributed by atoms with E-state index in [0.29, 0.717) is 19.4 Å². The lowest BCUT2D eigenvalue weighted by molar-refractivity contribution is -0.141. The van der Waals surface area contributed by atoms with Gasteiger partial charge in [0.1, 0.15) is 6.61 Å². The van der Waals surface area contributed by atoms with Gasteiger partial charge in [0.25, 0.3) is 0 Å². The number of carbonyl (C=O) groups excluding carboxylic acids is 2. The maximum Gasteiger partial charge on any atom is 0.414 e. The van der Waals surface area contributed by atoms with Crippen molar-refractivity contribution in [2.45, 2.75) is 32.7 Å². The zero-order chi connectivity index (χ0) is 15.5. The maximum atomic E-state index is 12.0. The van der Waals surface area contributed by atoms with Crippen LogP contribution in [0.5, 0.6) is 0 Å². The molecular weight excluding hydrogens is 270 g/mol. The van der Waals surface area contributed by atoms with Crippen molar-refractivity contribution in [3.63, 3.8) is 0 Å². The molecular formula is C16H21NO4. The average molecular weight is 291 g/mol. The fraction of sp³-hybridized carbons (Fsp3) is 0.500. The highest BCUT2D eigenvalue weighted by atomic mass is 16.6. The molecule has 5 heteroatoms. The van der Waals surface area contributed by atoms with Crippen LogP contribution >= 0.6 is 0 Å². The Labute approximate surface area is 124 Å². The smallest absolute Gasteiger partial charge is 0.414 e. The van der Waals surface area contributed by atoms with Crippen molar-refractivity contribution in [1.29, 1.82) is 0 Å². The quantitative estimate of drug-likeness (QED) is 0.783. The number of amides is 1. The van der Waals surface area contributed by atoms with E-state index in [1.807, 2.05) is 44.2 Å². The summed E-state index contributed by atoms with van der Waals surface area (Å²) in [5, 5.41) is 0. The van der Waals surface area contributed by atoms with Crippen molar-refractivity contribution in [1.82, 2.24) is 0 Å². The highest BCUT2D eigenvalue weighted by Gasteiger charge is 2.43. The van der Waals surface area contributed by atoms with E-state index in [2.05, 4.69) is 0 Å². The van der Waals surface area contributed by atoms with Crippen LogP contribution in [0.15, 0.2) is 30.3 Å². The minimum absolute atomic E-state index is 0.0999. The molecule has 0 bridgehead atoms. The molecule has 5 nitrogen and oxygen atoms in total. The molecule has 1 unspecified atom stereocenters. The molecule has 0 saturated carbocycles. The third-order valence-electron chi connectivity index (χ3n) is 4.01. The molecule has 0 spiro atoms. The molecule has 0 aliphatic carbocycles. The minimum atomic E-state index is -0.336. The molecule has 1 atom stereocenters. The topological polar surface area (TPSA) is 55.8 Å². The van der Waals surface area contributed by atoms with Crippen LogP contribution in [0.3, 0.4) is 0 Å². The zero-order valence-electron chi connectivity index (χ0n) is 12.7.